The van der Waals surface area contributed by atoms with E-state index < -0.39 is 32.7 Å². The van der Waals surface area contributed by atoms with Crippen LogP contribution in [-0.2, 0) is 0 Å². The molecule has 0 spiro atoms. The van der Waals surface area contributed by atoms with Gasteiger partial charge in [-0.15, -0.1) is 0 Å². The van der Waals surface area contributed by atoms with Gasteiger partial charge in [0.1, 0.15) is 18.6 Å². The minimum Gasteiger partial charge on any atom is -0.478 e. The molecule has 204 valence electrons. The van der Waals surface area contributed by atoms with Crippen LogP contribution in [0.2, 0.25) is 0 Å². The van der Waals surface area contributed by atoms with E-state index in [0.29, 0.717) is 0 Å². The number of aryl methyl sites for hydroxylation is 3. The average Bonchev–Trinajstić information content (AvgIpc) is 2.84. The van der Waals surface area contributed by atoms with Crippen LogP contribution >= 0.6 is 0 Å². The summed E-state index contributed by atoms with van der Waals surface area (Å²) in [5.41, 5.74) is -0.596. The maximum absolute atomic E-state index is 10.5. The lowest BCUT2D eigenvalue weighted by Gasteiger charge is -1.97. The van der Waals surface area contributed by atoms with Crippen molar-refractivity contribution in [2.45, 2.75) is 20.8 Å². The first-order valence-corrected chi connectivity index (χ1v) is 10.1. The summed E-state index contributed by atoms with van der Waals surface area (Å²) in [6, 6.07) is 2.97. The summed E-state index contributed by atoms with van der Waals surface area (Å²) < 4.78 is 0. The van der Waals surface area contributed by atoms with Gasteiger partial charge in [-0.3, -0.25) is 45.3 Å². The Bertz CT molecular complexity index is 1300. The third-order valence-electron chi connectivity index (χ3n) is 4.54. The van der Waals surface area contributed by atoms with E-state index >= 15 is 0 Å². The fourth-order valence-electron chi connectivity index (χ4n) is 2.52. The van der Waals surface area contributed by atoms with Gasteiger partial charge in [0.2, 0.25) is 0 Å². The molecule has 3 aromatic heterocycles. The van der Waals surface area contributed by atoms with E-state index in [1.54, 1.807) is 0 Å². The number of carboxylic acid groups (broad SMARTS) is 3. The third-order valence-corrected chi connectivity index (χ3v) is 4.54. The largest absolute Gasteiger partial charge is 0.478 e. The van der Waals surface area contributed by atoms with Crippen LogP contribution in [0.15, 0.2) is 36.8 Å². The highest BCUT2D eigenvalue weighted by atomic mass is 16.6. The van der Waals surface area contributed by atoms with Crippen LogP contribution in [0.1, 0.15) is 48.2 Å². The van der Waals surface area contributed by atoms with E-state index in [1.807, 2.05) is 0 Å². The van der Waals surface area contributed by atoms with Gasteiger partial charge in [-0.05, 0) is 20.8 Å². The summed E-state index contributed by atoms with van der Waals surface area (Å²) in [6.07, 6.45) is 3.09. The van der Waals surface area contributed by atoms with Gasteiger partial charge in [0.05, 0.1) is 48.5 Å². The number of nitrogens with zero attached hydrogens (tertiary/aromatic N) is 6. The van der Waals surface area contributed by atoms with Gasteiger partial charge >= 0.3 is 17.9 Å². The smallest absolute Gasteiger partial charge is 0.337 e. The quantitative estimate of drug-likeness (QED) is 0.296. The Hall–Kier alpha value is -5.94. The molecule has 0 amide bonds. The van der Waals surface area contributed by atoms with Crippen molar-refractivity contribution in [1.29, 1.82) is 0 Å². The Morgan fingerprint density at radius 3 is 0.923 bits per heavy atom. The van der Waals surface area contributed by atoms with Crippen molar-refractivity contribution in [3.8, 4) is 0 Å². The molecule has 18 heteroatoms. The minimum atomic E-state index is -1.21. The zero-order valence-corrected chi connectivity index (χ0v) is 20.2. The molecule has 0 aromatic carbocycles. The van der Waals surface area contributed by atoms with Gasteiger partial charge in [0, 0.05) is 18.2 Å². The van der Waals surface area contributed by atoms with Crippen LogP contribution in [-0.4, -0.2) is 62.9 Å². The fourth-order valence-corrected chi connectivity index (χ4v) is 2.52. The number of hydrogen-bond acceptors (Lipinski definition) is 12. The van der Waals surface area contributed by atoms with Crippen molar-refractivity contribution in [2.24, 2.45) is 0 Å². The van der Waals surface area contributed by atoms with E-state index in [2.05, 4.69) is 15.0 Å². The lowest BCUT2D eigenvalue weighted by Crippen LogP contribution is -2.03. The zero-order valence-electron chi connectivity index (χ0n) is 20.2. The normalized spacial score (nSPS) is 9.62. The number of nitro groups is 3. The van der Waals surface area contributed by atoms with Gasteiger partial charge in [0.15, 0.2) is 0 Å². The van der Waals surface area contributed by atoms with Crippen LogP contribution in [0.5, 0.6) is 0 Å². The monoisotopic (exact) mass is 546 g/mol. The molecule has 0 aliphatic heterocycles. The van der Waals surface area contributed by atoms with E-state index in [1.165, 1.54) is 20.8 Å². The van der Waals surface area contributed by atoms with Crippen LogP contribution in [0.3, 0.4) is 0 Å². The second-order valence-corrected chi connectivity index (χ2v) is 7.17. The highest BCUT2D eigenvalue weighted by molar-refractivity contribution is 5.90. The number of carboxylic acids is 3. The molecule has 0 aliphatic carbocycles. The Labute approximate surface area is 216 Å². The minimum absolute atomic E-state index is 0.144. The Balaban J connectivity index is 0.000000292. The molecule has 0 unspecified atom stereocenters. The standard InChI is InChI=1S/3C7H6N2O4/c3*1-4-6(7(10)11)2-5(3-8-4)9(12)13/h3*2-3H,1H3,(H,10,11). The first-order valence-electron chi connectivity index (χ1n) is 10.1. The lowest BCUT2D eigenvalue weighted by molar-refractivity contribution is -0.385. The number of pyridine rings is 3. The van der Waals surface area contributed by atoms with E-state index in [-0.39, 0.29) is 50.8 Å². The second kappa shape index (κ2) is 13.4. The molecule has 0 fully saturated rings. The molecule has 0 aliphatic rings. The SMILES string of the molecule is Cc1ncc([N+](=O)[O-])cc1C(=O)O.Cc1ncc([N+](=O)[O-])cc1C(=O)O.Cc1ncc([N+](=O)[O-])cc1C(=O)O. The number of carbonyl (C=O) groups is 3. The molecule has 39 heavy (non-hydrogen) atoms. The van der Waals surface area contributed by atoms with Crippen molar-refractivity contribution < 1.29 is 44.5 Å². The van der Waals surface area contributed by atoms with Gasteiger partial charge < -0.3 is 15.3 Å². The van der Waals surface area contributed by atoms with Gasteiger partial charge in [0.25, 0.3) is 17.1 Å². The van der Waals surface area contributed by atoms with Crippen LogP contribution in [0.25, 0.3) is 0 Å². The maximum Gasteiger partial charge on any atom is 0.337 e. The predicted octanol–water partition coefficient (Wildman–Crippen LogP) is 2.99. The fraction of sp³-hybridized carbons (Fsp3) is 0.143. The Kier molecular flexibility index (Phi) is 10.7. The Morgan fingerprint density at radius 2 is 0.769 bits per heavy atom. The summed E-state index contributed by atoms with van der Waals surface area (Å²) in [7, 11) is 0. The molecule has 3 aromatic rings. The van der Waals surface area contributed by atoms with Gasteiger partial charge in [-0.1, -0.05) is 0 Å². The van der Waals surface area contributed by atoms with Crippen LogP contribution < -0.4 is 0 Å². The molecule has 3 rings (SSSR count). The highest BCUT2D eigenvalue weighted by Crippen LogP contribution is 2.16. The maximum atomic E-state index is 10.5. The third kappa shape index (κ3) is 8.90. The summed E-state index contributed by atoms with van der Waals surface area (Å²) >= 11 is 0. The number of aromatic carboxylic acids is 3. The van der Waals surface area contributed by atoms with Crippen LogP contribution in [0.4, 0.5) is 17.1 Å². The lowest BCUT2D eigenvalue weighted by atomic mass is 10.2. The molecular formula is C21H18N6O12. The molecule has 0 saturated carbocycles. The summed E-state index contributed by atoms with van der Waals surface area (Å²) in [6.45, 7) is 4.44. The number of aromatic nitrogens is 3. The molecule has 3 heterocycles. The molecule has 0 saturated heterocycles. The van der Waals surface area contributed by atoms with Gasteiger partial charge in [-0.2, -0.15) is 0 Å². The van der Waals surface area contributed by atoms with Crippen molar-refractivity contribution in [1.82, 2.24) is 15.0 Å². The summed E-state index contributed by atoms with van der Waals surface area (Å²) in [5, 5.41) is 56.6. The molecular weight excluding hydrogens is 528 g/mol. The number of hydrogen-bond donors (Lipinski definition) is 3. The molecule has 0 atom stereocenters. The number of rotatable bonds is 6. The average molecular weight is 546 g/mol. The first kappa shape index (κ1) is 31.1. The molecule has 18 nitrogen and oxygen atoms in total. The Morgan fingerprint density at radius 1 is 0.564 bits per heavy atom. The second-order valence-electron chi connectivity index (χ2n) is 7.17. The van der Waals surface area contributed by atoms with E-state index in [9.17, 15) is 44.7 Å². The van der Waals surface area contributed by atoms with Crippen molar-refractivity contribution >= 4 is 35.0 Å². The molecule has 0 radical (unpaired) electrons. The van der Waals surface area contributed by atoms with Crippen LogP contribution in [0, 0.1) is 51.1 Å². The van der Waals surface area contributed by atoms with Gasteiger partial charge in [-0.25, -0.2) is 14.4 Å². The summed E-state index contributed by atoms with van der Waals surface area (Å²) in [4.78, 5) is 71.1. The molecule has 3 N–H and O–H groups in total. The zero-order chi connectivity index (χ0) is 30.0. The molecule has 0 bridgehead atoms. The predicted molar refractivity (Wildman–Crippen MR) is 128 cm³/mol. The van der Waals surface area contributed by atoms with Crippen molar-refractivity contribution in [3.05, 3.63) is 101 Å². The summed E-state index contributed by atoms with van der Waals surface area (Å²) in [5.74, 6) is -3.64. The van der Waals surface area contributed by atoms with E-state index in [0.717, 1.165) is 36.8 Å². The first-order chi connectivity index (χ1) is 18.1. The van der Waals surface area contributed by atoms with Crippen molar-refractivity contribution in [3.63, 3.8) is 0 Å². The van der Waals surface area contributed by atoms with Crippen molar-refractivity contribution in [2.75, 3.05) is 0 Å². The highest BCUT2D eigenvalue weighted by Gasteiger charge is 2.16. The topological polar surface area (TPSA) is 280 Å². The van der Waals surface area contributed by atoms with E-state index in [4.69, 9.17) is 15.3 Å².